The second-order valence-electron chi connectivity index (χ2n) is 4.44. The van der Waals surface area contributed by atoms with Crippen LogP contribution in [0, 0.1) is 5.92 Å². The molecule has 0 radical (unpaired) electrons. The zero-order valence-corrected chi connectivity index (χ0v) is 11.3. The molecule has 106 valence electrons. The van der Waals surface area contributed by atoms with E-state index in [0.29, 0.717) is 13.2 Å². The molecule has 4 N–H and O–H groups in total. The van der Waals surface area contributed by atoms with E-state index >= 15 is 0 Å². The van der Waals surface area contributed by atoms with Crippen molar-refractivity contribution in [3.63, 3.8) is 0 Å². The van der Waals surface area contributed by atoms with E-state index in [1.54, 1.807) is 12.1 Å². The van der Waals surface area contributed by atoms with Crippen LogP contribution in [0.2, 0.25) is 0 Å². The molecule has 1 aromatic rings. The summed E-state index contributed by atoms with van der Waals surface area (Å²) in [5, 5.41) is -0.0887. The predicted octanol–water partition coefficient (Wildman–Crippen LogP) is 0.0721. The lowest BCUT2D eigenvalue weighted by molar-refractivity contribution is 0.0568. The molecular weight excluding hydrogens is 268 g/mol. The van der Waals surface area contributed by atoms with Crippen LogP contribution < -0.4 is 16.0 Å². The van der Waals surface area contributed by atoms with Gasteiger partial charge < -0.3 is 10.2 Å². The zero-order valence-electron chi connectivity index (χ0n) is 10.5. The fourth-order valence-corrected chi connectivity index (χ4v) is 3.19. The van der Waals surface area contributed by atoms with E-state index in [1.165, 1.54) is 6.20 Å². The summed E-state index contributed by atoms with van der Waals surface area (Å²) in [6, 6.07) is 3.18. The normalized spacial score (nSPS) is 20.2. The van der Waals surface area contributed by atoms with Crippen LogP contribution in [-0.2, 0) is 14.8 Å². The van der Waals surface area contributed by atoms with Crippen molar-refractivity contribution in [3.05, 3.63) is 18.3 Å². The summed E-state index contributed by atoms with van der Waals surface area (Å²) in [6.07, 6.45) is 3.34. The van der Waals surface area contributed by atoms with Crippen LogP contribution in [-0.4, -0.2) is 33.2 Å². The molecule has 7 nitrogen and oxygen atoms in total. The second-order valence-corrected chi connectivity index (χ2v) is 6.12. The van der Waals surface area contributed by atoms with Crippen LogP contribution in [0.3, 0.4) is 0 Å². The van der Waals surface area contributed by atoms with Gasteiger partial charge in [0.05, 0.1) is 12.3 Å². The highest BCUT2D eigenvalue weighted by Crippen LogP contribution is 2.18. The van der Waals surface area contributed by atoms with Gasteiger partial charge in [0.15, 0.2) is 5.03 Å². The monoisotopic (exact) mass is 286 g/mol. The minimum absolute atomic E-state index is 0.0887. The Hall–Kier alpha value is -1.22. The number of sulfonamides is 1. The number of pyridine rings is 1. The van der Waals surface area contributed by atoms with Crippen LogP contribution in [0.4, 0.5) is 5.69 Å². The van der Waals surface area contributed by atoms with E-state index in [1.807, 2.05) is 0 Å². The third kappa shape index (κ3) is 3.63. The number of nitrogens with two attached hydrogens (primary N) is 1. The maximum absolute atomic E-state index is 12.1. The first-order valence-electron chi connectivity index (χ1n) is 6.12. The minimum atomic E-state index is -3.66. The molecule has 0 saturated carbocycles. The minimum Gasteiger partial charge on any atom is -0.381 e. The van der Waals surface area contributed by atoms with Crippen molar-refractivity contribution in [2.24, 2.45) is 11.8 Å². The predicted molar refractivity (Wildman–Crippen MR) is 70.8 cm³/mol. The number of hydrogen-bond acceptors (Lipinski definition) is 6. The highest BCUT2D eigenvalue weighted by molar-refractivity contribution is 7.89. The van der Waals surface area contributed by atoms with Crippen LogP contribution >= 0.6 is 0 Å². The van der Waals surface area contributed by atoms with E-state index in [0.717, 1.165) is 19.4 Å². The number of anilines is 1. The maximum atomic E-state index is 12.1. The Labute approximate surface area is 112 Å². The topological polar surface area (TPSA) is 106 Å². The molecule has 1 aromatic heterocycles. The molecule has 0 aromatic carbocycles. The van der Waals surface area contributed by atoms with Crippen LogP contribution in [0.1, 0.15) is 12.8 Å². The molecule has 0 bridgehead atoms. The van der Waals surface area contributed by atoms with Crippen molar-refractivity contribution in [2.45, 2.75) is 17.9 Å². The average molecular weight is 286 g/mol. The van der Waals surface area contributed by atoms with Gasteiger partial charge in [0.25, 0.3) is 10.0 Å². The molecule has 1 unspecified atom stereocenters. The van der Waals surface area contributed by atoms with E-state index in [-0.39, 0.29) is 16.6 Å². The van der Waals surface area contributed by atoms with Crippen LogP contribution in [0.25, 0.3) is 0 Å². The van der Waals surface area contributed by atoms with E-state index < -0.39 is 10.0 Å². The van der Waals surface area contributed by atoms with Gasteiger partial charge >= 0.3 is 0 Å². The summed E-state index contributed by atoms with van der Waals surface area (Å²) in [5.74, 6) is 5.49. The summed E-state index contributed by atoms with van der Waals surface area (Å²) >= 11 is 0. The van der Waals surface area contributed by atoms with Gasteiger partial charge in [0, 0.05) is 19.3 Å². The van der Waals surface area contributed by atoms with Crippen molar-refractivity contribution in [3.8, 4) is 0 Å². The molecule has 0 spiro atoms. The lowest BCUT2D eigenvalue weighted by Crippen LogP contribution is -2.34. The average Bonchev–Trinajstić information content (AvgIpc) is 2.46. The first kappa shape index (κ1) is 14.2. The number of aromatic nitrogens is 1. The first-order chi connectivity index (χ1) is 9.13. The largest absolute Gasteiger partial charge is 0.381 e. The van der Waals surface area contributed by atoms with Gasteiger partial charge in [-0.05, 0) is 30.9 Å². The molecule has 0 aliphatic carbocycles. The summed E-state index contributed by atoms with van der Waals surface area (Å²) < 4.78 is 32.2. The number of nitrogens with zero attached hydrogens (tertiary/aromatic N) is 1. The summed E-state index contributed by atoms with van der Waals surface area (Å²) in [6.45, 7) is 1.69. The Kier molecular flexibility index (Phi) is 4.70. The Morgan fingerprint density at radius 1 is 1.53 bits per heavy atom. The van der Waals surface area contributed by atoms with Gasteiger partial charge in [-0.15, -0.1) is 0 Å². The fraction of sp³-hybridized carbons (Fsp3) is 0.545. The molecule has 0 amide bonds. The molecule has 2 heterocycles. The van der Waals surface area contributed by atoms with Crippen molar-refractivity contribution in [2.75, 3.05) is 25.2 Å². The number of rotatable bonds is 5. The third-order valence-corrected chi connectivity index (χ3v) is 4.38. The standard InChI is InChI=1S/C11H18N4O3S/c12-15-10-4-1-5-13-11(10)19(16,17)14-7-9-3-2-6-18-8-9/h1,4-5,9,14-15H,2-3,6-8,12H2. The number of hydrazine groups is 1. The van der Waals surface area contributed by atoms with E-state index in [9.17, 15) is 8.42 Å². The van der Waals surface area contributed by atoms with Gasteiger partial charge in [-0.3, -0.25) is 5.84 Å². The van der Waals surface area contributed by atoms with Gasteiger partial charge in [-0.25, -0.2) is 18.1 Å². The molecule has 8 heteroatoms. The lowest BCUT2D eigenvalue weighted by Gasteiger charge is -2.22. The SMILES string of the molecule is NNc1cccnc1S(=O)(=O)NCC1CCCOC1. The smallest absolute Gasteiger partial charge is 0.260 e. The van der Waals surface area contributed by atoms with E-state index in [2.05, 4.69) is 15.1 Å². The first-order valence-corrected chi connectivity index (χ1v) is 7.61. The lowest BCUT2D eigenvalue weighted by atomic mass is 10.0. The molecular formula is C11H18N4O3S. The van der Waals surface area contributed by atoms with Crippen molar-refractivity contribution < 1.29 is 13.2 Å². The highest BCUT2D eigenvalue weighted by Gasteiger charge is 2.22. The molecule has 2 rings (SSSR count). The maximum Gasteiger partial charge on any atom is 0.260 e. The Morgan fingerprint density at radius 2 is 2.37 bits per heavy atom. The van der Waals surface area contributed by atoms with Gasteiger partial charge in [0.1, 0.15) is 0 Å². The molecule has 1 atom stereocenters. The molecule has 1 aliphatic rings. The molecule has 19 heavy (non-hydrogen) atoms. The van der Waals surface area contributed by atoms with Gasteiger partial charge in [0.2, 0.25) is 0 Å². The third-order valence-electron chi connectivity index (χ3n) is 3.00. The second kappa shape index (κ2) is 6.29. The van der Waals surface area contributed by atoms with Crippen LogP contribution in [0.15, 0.2) is 23.4 Å². The molecule has 1 aliphatic heterocycles. The number of ether oxygens (including phenoxy) is 1. The van der Waals surface area contributed by atoms with Gasteiger partial charge in [-0.1, -0.05) is 0 Å². The van der Waals surface area contributed by atoms with E-state index in [4.69, 9.17) is 10.6 Å². The Balaban J connectivity index is 2.05. The Bertz CT molecular complexity index is 514. The summed E-state index contributed by atoms with van der Waals surface area (Å²) in [7, 11) is -3.66. The van der Waals surface area contributed by atoms with Crippen molar-refractivity contribution in [1.82, 2.24) is 9.71 Å². The van der Waals surface area contributed by atoms with Crippen molar-refractivity contribution >= 4 is 15.7 Å². The van der Waals surface area contributed by atoms with Crippen molar-refractivity contribution in [1.29, 1.82) is 0 Å². The quantitative estimate of drug-likeness (QED) is 0.522. The zero-order chi connectivity index (χ0) is 13.7. The Morgan fingerprint density at radius 3 is 3.05 bits per heavy atom. The molecule has 1 fully saturated rings. The van der Waals surface area contributed by atoms with Crippen LogP contribution in [0.5, 0.6) is 0 Å². The van der Waals surface area contributed by atoms with Gasteiger partial charge in [-0.2, -0.15) is 0 Å². The summed E-state index contributed by atoms with van der Waals surface area (Å²) in [5.41, 5.74) is 2.61. The fourth-order valence-electron chi connectivity index (χ4n) is 1.98. The highest BCUT2D eigenvalue weighted by atomic mass is 32.2. The number of nitrogen functional groups attached to an aromatic ring is 1. The summed E-state index contributed by atoms with van der Waals surface area (Å²) in [4.78, 5) is 3.86. The molecule has 1 saturated heterocycles. The number of nitrogens with one attached hydrogen (secondary N) is 2. The number of hydrogen-bond donors (Lipinski definition) is 3.